The zero-order chi connectivity index (χ0) is 14.6. The Morgan fingerprint density at radius 1 is 1.19 bits per heavy atom. The van der Waals surface area contributed by atoms with Crippen molar-refractivity contribution in [2.24, 2.45) is 17.8 Å². The molecule has 2 fully saturated rings. The lowest BCUT2D eigenvalue weighted by Gasteiger charge is -2.42. The number of imide groups is 1. The highest BCUT2D eigenvalue weighted by molar-refractivity contribution is 6.02. The highest BCUT2D eigenvalue weighted by Gasteiger charge is 2.51. The monoisotopic (exact) mass is 281 g/mol. The number of allylic oxidation sites excluding steroid dienone is 2. The third kappa shape index (κ3) is 1.95. The predicted octanol–water partition coefficient (Wildman–Crippen LogP) is 3.09. The standard InChI is InChI=1S/C18H19NO2/c1-11-7-8-13-9-14(13)17(11)18(21)19-15(10-16(19)20)12-5-3-2-4-6-12/h2-6,8,11,14-15,17H,7,9-10H2,1H3/t11?,14?,15-,17?/m0/s1. The van der Waals surface area contributed by atoms with Crippen molar-refractivity contribution in [2.45, 2.75) is 32.2 Å². The second-order valence-electron chi connectivity index (χ2n) is 6.56. The minimum atomic E-state index is -0.0495. The quantitative estimate of drug-likeness (QED) is 0.474. The van der Waals surface area contributed by atoms with Gasteiger partial charge in [0.15, 0.2) is 0 Å². The largest absolute Gasteiger partial charge is 0.274 e. The topological polar surface area (TPSA) is 37.4 Å². The van der Waals surface area contributed by atoms with E-state index >= 15 is 0 Å². The summed E-state index contributed by atoms with van der Waals surface area (Å²) >= 11 is 0. The summed E-state index contributed by atoms with van der Waals surface area (Å²) in [6.45, 7) is 2.13. The number of hydrogen-bond acceptors (Lipinski definition) is 2. The SMILES string of the molecule is CC1CC=C2CC2C1C(=O)N1C(=O)C[C@H]1c1ccccc1. The molecule has 0 spiro atoms. The van der Waals surface area contributed by atoms with E-state index in [2.05, 4.69) is 13.0 Å². The highest BCUT2D eigenvalue weighted by atomic mass is 16.2. The van der Waals surface area contributed by atoms with Gasteiger partial charge in [0.25, 0.3) is 0 Å². The summed E-state index contributed by atoms with van der Waals surface area (Å²) in [4.78, 5) is 26.4. The Bertz CT molecular complexity index is 634. The van der Waals surface area contributed by atoms with Crippen LogP contribution in [0.3, 0.4) is 0 Å². The summed E-state index contributed by atoms with van der Waals surface area (Å²) in [5.74, 6) is 0.809. The smallest absolute Gasteiger partial charge is 0.233 e. The molecule has 1 aliphatic heterocycles. The van der Waals surface area contributed by atoms with Crippen LogP contribution in [0.1, 0.15) is 37.8 Å². The van der Waals surface area contributed by atoms with E-state index in [1.54, 1.807) is 0 Å². The van der Waals surface area contributed by atoms with Gasteiger partial charge >= 0.3 is 0 Å². The first kappa shape index (κ1) is 12.8. The van der Waals surface area contributed by atoms with Crippen molar-refractivity contribution in [1.82, 2.24) is 4.90 Å². The molecule has 3 unspecified atom stereocenters. The number of hydrogen-bond donors (Lipinski definition) is 0. The van der Waals surface area contributed by atoms with Crippen LogP contribution in [0.5, 0.6) is 0 Å². The Kier molecular flexibility index (Phi) is 2.78. The molecule has 1 saturated heterocycles. The predicted molar refractivity (Wildman–Crippen MR) is 79.1 cm³/mol. The molecule has 1 saturated carbocycles. The molecule has 0 radical (unpaired) electrons. The fraction of sp³-hybridized carbons (Fsp3) is 0.444. The van der Waals surface area contributed by atoms with E-state index in [0.717, 1.165) is 18.4 Å². The molecule has 0 aromatic heterocycles. The maximum absolute atomic E-state index is 12.9. The minimum Gasteiger partial charge on any atom is -0.274 e. The zero-order valence-electron chi connectivity index (χ0n) is 12.2. The van der Waals surface area contributed by atoms with Crippen LogP contribution >= 0.6 is 0 Å². The van der Waals surface area contributed by atoms with Gasteiger partial charge in [-0.15, -0.1) is 0 Å². The number of amides is 2. The van der Waals surface area contributed by atoms with Crippen LogP contribution in [0.4, 0.5) is 0 Å². The maximum Gasteiger partial charge on any atom is 0.233 e. The van der Waals surface area contributed by atoms with Crippen LogP contribution in [-0.4, -0.2) is 16.7 Å². The number of rotatable bonds is 2. The average molecular weight is 281 g/mol. The fourth-order valence-electron chi connectivity index (χ4n) is 3.88. The molecule has 0 bridgehead atoms. The van der Waals surface area contributed by atoms with E-state index in [1.807, 2.05) is 30.3 Å². The number of nitrogens with zero attached hydrogens (tertiary/aromatic N) is 1. The van der Waals surface area contributed by atoms with Crippen molar-refractivity contribution in [1.29, 1.82) is 0 Å². The molecule has 4 atom stereocenters. The molecule has 21 heavy (non-hydrogen) atoms. The lowest BCUT2D eigenvalue weighted by molar-refractivity contribution is -0.162. The van der Waals surface area contributed by atoms with E-state index in [0.29, 0.717) is 18.3 Å². The number of β-lactam (4-membered cyclic amide) rings is 1. The average Bonchev–Trinajstić information content (AvgIpc) is 3.24. The van der Waals surface area contributed by atoms with Crippen molar-refractivity contribution in [2.75, 3.05) is 0 Å². The summed E-state index contributed by atoms with van der Waals surface area (Å²) in [5, 5.41) is 0. The van der Waals surface area contributed by atoms with Crippen LogP contribution in [-0.2, 0) is 9.59 Å². The first-order valence-electron chi connectivity index (χ1n) is 7.76. The first-order valence-corrected chi connectivity index (χ1v) is 7.76. The second-order valence-corrected chi connectivity index (χ2v) is 6.56. The van der Waals surface area contributed by atoms with Crippen LogP contribution < -0.4 is 0 Å². The van der Waals surface area contributed by atoms with Gasteiger partial charge in [0.2, 0.25) is 11.8 Å². The van der Waals surface area contributed by atoms with Gasteiger partial charge in [0.05, 0.1) is 12.5 Å². The molecule has 0 N–H and O–H groups in total. The van der Waals surface area contributed by atoms with E-state index in [-0.39, 0.29) is 23.8 Å². The van der Waals surface area contributed by atoms with Gasteiger partial charge in [-0.2, -0.15) is 0 Å². The lowest BCUT2D eigenvalue weighted by atomic mass is 9.80. The third-order valence-electron chi connectivity index (χ3n) is 5.23. The maximum atomic E-state index is 12.9. The Balaban J connectivity index is 1.59. The Morgan fingerprint density at radius 2 is 1.95 bits per heavy atom. The molecule has 3 aliphatic rings. The number of benzene rings is 1. The number of carbonyl (C=O) groups is 2. The van der Waals surface area contributed by atoms with Gasteiger partial charge in [-0.1, -0.05) is 48.9 Å². The highest BCUT2D eigenvalue weighted by Crippen LogP contribution is 2.52. The van der Waals surface area contributed by atoms with Crippen molar-refractivity contribution >= 4 is 11.8 Å². The normalized spacial score (nSPS) is 33.9. The molecule has 1 aromatic carbocycles. The van der Waals surface area contributed by atoms with Crippen LogP contribution in [0, 0.1) is 17.8 Å². The molecule has 2 amide bonds. The van der Waals surface area contributed by atoms with Gasteiger partial charge in [-0.05, 0) is 30.2 Å². The fourth-order valence-corrected chi connectivity index (χ4v) is 3.88. The molecule has 2 aliphatic carbocycles. The Morgan fingerprint density at radius 3 is 2.67 bits per heavy atom. The summed E-state index contributed by atoms with van der Waals surface area (Å²) in [7, 11) is 0. The van der Waals surface area contributed by atoms with E-state index in [9.17, 15) is 9.59 Å². The third-order valence-corrected chi connectivity index (χ3v) is 5.23. The molecule has 1 aromatic rings. The summed E-state index contributed by atoms with van der Waals surface area (Å²) in [6, 6.07) is 9.85. The molecule has 3 heteroatoms. The first-order chi connectivity index (χ1) is 10.2. The summed E-state index contributed by atoms with van der Waals surface area (Å²) in [6.07, 6.45) is 4.77. The number of carbonyl (C=O) groups excluding carboxylic acids is 2. The van der Waals surface area contributed by atoms with Gasteiger partial charge in [-0.3, -0.25) is 14.5 Å². The Labute approximate surface area is 124 Å². The van der Waals surface area contributed by atoms with Gasteiger partial charge in [0.1, 0.15) is 0 Å². The van der Waals surface area contributed by atoms with Gasteiger partial charge in [0, 0.05) is 5.92 Å². The molecule has 3 nitrogen and oxygen atoms in total. The Hall–Kier alpha value is -1.90. The minimum absolute atomic E-state index is 0.0143. The number of fused-ring (bicyclic) bond motifs is 1. The van der Waals surface area contributed by atoms with Gasteiger partial charge < -0.3 is 0 Å². The molecular weight excluding hydrogens is 262 g/mol. The van der Waals surface area contributed by atoms with Crippen molar-refractivity contribution in [3.8, 4) is 0 Å². The number of likely N-dealkylation sites (tertiary alicyclic amines) is 1. The van der Waals surface area contributed by atoms with Crippen LogP contribution in [0.15, 0.2) is 42.0 Å². The van der Waals surface area contributed by atoms with E-state index < -0.39 is 0 Å². The molecule has 108 valence electrons. The summed E-state index contributed by atoms with van der Waals surface area (Å²) in [5.41, 5.74) is 2.50. The zero-order valence-corrected chi connectivity index (χ0v) is 12.2. The second kappa shape index (κ2) is 4.55. The van der Waals surface area contributed by atoms with Crippen LogP contribution in [0.25, 0.3) is 0 Å². The molecule has 1 heterocycles. The molecular formula is C18H19NO2. The molecule has 4 rings (SSSR count). The van der Waals surface area contributed by atoms with Crippen molar-refractivity contribution in [3.05, 3.63) is 47.5 Å². The van der Waals surface area contributed by atoms with Crippen molar-refractivity contribution < 1.29 is 9.59 Å². The van der Waals surface area contributed by atoms with E-state index in [1.165, 1.54) is 10.5 Å². The van der Waals surface area contributed by atoms with E-state index in [4.69, 9.17) is 0 Å². The lowest BCUT2D eigenvalue weighted by Crippen LogP contribution is -2.53. The van der Waals surface area contributed by atoms with Crippen molar-refractivity contribution in [3.63, 3.8) is 0 Å². The van der Waals surface area contributed by atoms with Gasteiger partial charge in [-0.25, -0.2) is 0 Å². The summed E-state index contributed by atoms with van der Waals surface area (Å²) < 4.78 is 0. The van der Waals surface area contributed by atoms with Crippen LogP contribution in [0.2, 0.25) is 0 Å².